The summed E-state index contributed by atoms with van der Waals surface area (Å²) < 4.78 is 0. The molecule has 1 saturated carbocycles. The Balaban J connectivity index is 2.26. The van der Waals surface area contributed by atoms with Crippen molar-refractivity contribution in [2.45, 2.75) is 24.7 Å². The number of nitrogens with zero attached hydrogens (tertiary/aromatic N) is 1. The molecule has 0 bridgehead atoms. The Morgan fingerprint density at radius 3 is 2.60 bits per heavy atom. The summed E-state index contributed by atoms with van der Waals surface area (Å²) in [5.41, 5.74) is 6.91. The maximum absolute atomic E-state index is 10.7. The van der Waals surface area contributed by atoms with Crippen LogP contribution in [0.5, 0.6) is 0 Å². The van der Waals surface area contributed by atoms with E-state index in [4.69, 9.17) is 10.8 Å². The molecule has 0 saturated heterocycles. The van der Waals surface area contributed by atoms with E-state index >= 15 is 0 Å². The highest BCUT2D eigenvalue weighted by Gasteiger charge is 2.38. The van der Waals surface area contributed by atoms with Gasteiger partial charge in [-0.3, -0.25) is 4.98 Å². The van der Waals surface area contributed by atoms with Crippen molar-refractivity contribution in [1.29, 1.82) is 0 Å². The molecule has 0 unspecified atom stereocenters. The van der Waals surface area contributed by atoms with Crippen LogP contribution in [0.15, 0.2) is 18.3 Å². The Hall–Kier alpha value is -1.42. The first-order chi connectivity index (χ1) is 7.18. The van der Waals surface area contributed by atoms with Crippen molar-refractivity contribution in [2.24, 2.45) is 5.73 Å². The normalized spacial score (nSPS) is 18.2. The highest BCUT2D eigenvalue weighted by molar-refractivity contribution is 5.87. The Labute approximate surface area is 88.1 Å². The molecular weight excluding hydrogens is 192 g/mol. The molecule has 2 rings (SSSR count). The van der Waals surface area contributed by atoms with Gasteiger partial charge in [0.1, 0.15) is 0 Å². The summed E-state index contributed by atoms with van der Waals surface area (Å²) in [4.78, 5) is 14.9. The minimum Gasteiger partial charge on any atom is -0.478 e. The Morgan fingerprint density at radius 2 is 2.27 bits per heavy atom. The number of rotatable bonds is 3. The molecule has 0 spiro atoms. The molecule has 1 heterocycles. The number of hydrogen-bond acceptors (Lipinski definition) is 3. The van der Waals surface area contributed by atoms with Crippen LogP contribution in [0.4, 0.5) is 0 Å². The lowest BCUT2D eigenvalue weighted by Crippen LogP contribution is -2.42. The molecule has 0 aliphatic heterocycles. The number of carboxylic acid groups (broad SMARTS) is 1. The average molecular weight is 206 g/mol. The molecule has 80 valence electrons. The van der Waals surface area contributed by atoms with Gasteiger partial charge in [-0.2, -0.15) is 0 Å². The lowest BCUT2D eigenvalue weighted by molar-refractivity contribution is 0.0696. The average Bonchev–Trinajstić information content (AvgIpc) is 2.18. The highest BCUT2D eigenvalue weighted by atomic mass is 16.4. The molecule has 15 heavy (non-hydrogen) atoms. The van der Waals surface area contributed by atoms with E-state index in [1.807, 2.05) is 0 Å². The van der Waals surface area contributed by atoms with Crippen molar-refractivity contribution in [3.63, 3.8) is 0 Å². The smallest absolute Gasteiger partial charge is 0.337 e. The van der Waals surface area contributed by atoms with Crippen LogP contribution < -0.4 is 5.73 Å². The van der Waals surface area contributed by atoms with Crippen LogP contribution in [-0.2, 0) is 5.41 Å². The van der Waals surface area contributed by atoms with Crippen LogP contribution >= 0.6 is 0 Å². The van der Waals surface area contributed by atoms with E-state index in [1.54, 1.807) is 12.1 Å². The zero-order valence-electron chi connectivity index (χ0n) is 8.44. The number of aromatic nitrogens is 1. The standard InChI is InChI=1S/C11H14N2O2/c12-7-11(4-1-5-11)9-3-2-8(6-13-9)10(14)15/h2-3,6H,1,4-5,7,12H2,(H,14,15). The van der Waals surface area contributed by atoms with Gasteiger partial charge in [0.25, 0.3) is 0 Å². The van der Waals surface area contributed by atoms with Crippen molar-refractivity contribution < 1.29 is 9.90 Å². The second-order valence-corrected chi connectivity index (χ2v) is 4.08. The van der Waals surface area contributed by atoms with E-state index in [0.29, 0.717) is 6.54 Å². The monoisotopic (exact) mass is 206 g/mol. The van der Waals surface area contributed by atoms with E-state index in [0.717, 1.165) is 18.5 Å². The van der Waals surface area contributed by atoms with Crippen molar-refractivity contribution in [2.75, 3.05) is 6.54 Å². The van der Waals surface area contributed by atoms with Crippen LogP contribution in [0.25, 0.3) is 0 Å². The van der Waals surface area contributed by atoms with E-state index in [-0.39, 0.29) is 11.0 Å². The number of hydrogen-bond donors (Lipinski definition) is 2. The fraction of sp³-hybridized carbons (Fsp3) is 0.455. The van der Waals surface area contributed by atoms with Crippen LogP contribution in [0, 0.1) is 0 Å². The molecule has 1 fully saturated rings. The predicted molar refractivity (Wildman–Crippen MR) is 55.8 cm³/mol. The predicted octanol–water partition coefficient (Wildman–Crippen LogP) is 1.16. The first-order valence-electron chi connectivity index (χ1n) is 5.08. The van der Waals surface area contributed by atoms with E-state index < -0.39 is 5.97 Å². The van der Waals surface area contributed by atoms with Gasteiger partial charge in [-0.05, 0) is 25.0 Å². The maximum Gasteiger partial charge on any atom is 0.337 e. The summed E-state index contributed by atoms with van der Waals surface area (Å²) in [6, 6.07) is 3.38. The molecule has 4 nitrogen and oxygen atoms in total. The first kappa shape index (κ1) is 10.1. The van der Waals surface area contributed by atoms with Crippen molar-refractivity contribution in [3.8, 4) is 0 Å². The lowest BCUT2D eigenvalue weighted by Gasteiger charge is -2.40. The molecule has 3 N–H and O–H groups in total. The summed E-state index contributed by atoms with van der Waals surface area (Å²) in [6.45, 7) is 0.590. The van der Waals surface area contributed by atoms with E-state index in [9.17, 15) is 4.79 Å². The number of pyridine rings is 1. The fourth-order valence-electron chi connectivity index (χ4n) is 2.00. The van der Waals surface area contributed by atoms with Crippen LogP contribution in [0.1, 0.15) is 35.3 Å². The summed E-state index contributed by atoms with van der Waals surface area (Å²) >= 11 is 0. The summed E-state index contributed by atoms with van der Waals surface area (Å²) in [5.74, 6) is -0.940. The topological polar surface area (TPSA) is 76.2 Å². The molecule has 0 radical (unpaired) electrons. The van der Waals surface area contributed by atoms with Crippen molar-refractivity contribution in [3.05, 3.63) is 29.6 Å². The summed E-state index contributed by atoms with van der Waals surface area (Å²) in [6.07, 6.45) is 4.71. The van der Waals surface area contributed by atoms with Gasteiger partial charge in [-0.1, -0.05) is 6.42 Å². The Kier molecular flexibility index (Phi) is 2.44. The van der Waals surface area contributed by atoms with Gasteiger partial charge < -0.3 is 10.8 Å². The largest absolute Gasteiger partial charge is 0.478 e. The number of nitrogens with two attached hydrogens (primary N) is 1. The van der Waals surface area contributed by atoms with Gasteiger partial charge in [-0.15, -0.1) is 0 Å². The van der Waals surface area contributed by atoms with Gasteiger partial charge >= 0.3 is 5.97 Å². The fourth-order valence-corrected chi connectivity index (χ4v) is 2.00. The molecule has 1 aliphatic rings. The third kappa shape index (κ3) is 1.61. The lowest BCUT2D eigenvalue weighted by atomic mass is 9.66. The highest BCUT2D eigenvalue weighted by Crippen LogP contribution is 2.41. The zero-order chi connectivity index (χ0) is 10.9. The minimum absolute atomic E-state index is 0.0109. The summed E-state index contributed by atoms with van der Waals surface area (Å²) in [5, 5.41) is 8.74. The van der Waals surface area contributed by atoms with Gasteiger partial charge in [0.15, 0.2) is 0 Å². The molecular formula is C11H14N2O2. The molecule has 0 aromatic carbocycles. The molecule has 0 atom stereocenters. The minimum atomic E-state index is -0.940. The van der Waals surface area contributed by atoms with Gasteiger partial charge in [-0.25, -0.2) is 4.79 Å². The van der Waals surface area contributed by atoms with Gasteiger partial charge in [0.05, 0.1) is 5.56 Å². The van der Waals surface area contributed by atoms with Crippen LogP contribution in [0.2, 0.25) is 0 Å². The van der Waals surface area contributed by atoms with Crippen molar-refractivity contribution >= 4 is 5.97 Å². The SMILES string of the molecule is NCC1(c2ccc(C(=O)O)cn2)CCC1. The van der Waals surface area contributed by atoms with Crippen LogP contribution in [0.3, 0.4) is 0 Å². The Bertz CT molecular complexity index is 363. The van der Waals surface area contributed by atoms with E-state index in [2.05, 4.69) is 4.98 Å². The van der Waals surface area contributed by atoms with E-state index in [1.165, 1.54) is 12.6 Å². The molecule has 0 amide bonds. The maximum atomic E-state index is 10.7. The molecule has 4 heteroatoms. The first-order valence-corrected chi connectivity index (χ1v) is 5.08. The van der Waals surface area contributed by atoms with Crippen LogP contribution in [-0.4, -0.2) is 22.6 Å². The number of carboxylic acids is 1. The summed E-state index contributed by atoms with van der Waals surface area (Å²) in [7, 11) is 0. The molecule has 1 aromatic heterocycles. The van der Waals surface area contributed by atoms with Gasteiger partial charge in [0, 0.05) is 23.9 Å². The third-order valence-electron chi connectivity index (χ3n) is 3.26. The molecule has 1 aromatic rings. The Morgan fingerprint density at radius 1 is 1.53 bits per heavy atom. The quantitative estimate of drug-likeness (QED) is 0.778. The third-order valence-corrected chi connectivity index (χ3v) is 3.26. The number of aromatic carboxylic acids is 1. The second-order valence-electron chi connectivity index (χ2n) is 4.08. The number of carbonyl (C=O) groups is 1. The molecule has 1 aliphatic carbocycles. The van der Waals surface area contributed by atoms with Gasteiger partial charge in [0.2, 0.25) is 0 Å². The second kappa shape index (κ2) is 3.62. The van der Waals surface area contributed by atoms with Crippen molar-refractivity contribution in [1.82, 2.24) is 4.98 Å². The zero-order valence-corrected chi connectivity index (χ0v) is 8.44.